The van der Waals surface area contributed by atoms with Gasteiger partial charge >= 0.3 is 0 Å². The molecule has 1 saturated heterocycles. The molecule has 2 rings (SSSR count). The highest BCUT2D eigenvalue weighted by Gasteiger charge is 2.36. The van der Waals surface area contributed by atoms with Gasteiger partial charge in [-0.2, -0.15) is 0 Å². The smallest absolute Gasteiger partial charge is 0.155 e. The van der Waals surface area contributed by atoms with Gasteiger partial charge in [0.15, 0.2) is 9.84 Å². The number of hydrogen-bond donors (Lipinski definition) is 1. The zero-order valence-corrected chi connectivity index (χ0v) is 14.2. The summed E-state index contributed by atoms with van der Waals surface area (Å²) in [6.07, 6.45) is 4.50. The fourth-order valence-corrected chi connectivity index (χ4v) is 5.50. The molecule has 0 saturated carbocycles. The molecule has 1 N–H and O–H groups in total. The molecule has 0 amide bonds. The fourth-order valence-electron chi connectivity index (χ4n) is 3.37. The fraction of sp³-hybridized carbons (Fsp3) is 0.647. The summed E-state index contributed by atoms with van der Waals surface area (Å²) < 4.78 is 24.9. The van der Waals surface area contributed by atoms with Gasteiger partial charge < -0.3 is 5.32 Å². The lowest BCUT2D eigenvalue weighted by Gasteiger charge is -2.31. The van der Waals surface area contributed by atoms with Gasteiger partial charge in [0.25, 0.3) is 0 Å². The van der Waals surface area contributed by atoms with Crippen LogP contribution in [0.25, 0.3) is 0 Å². The van der Waals surface area contributed by atoms with Crippen molar-refractivity contribution in [1.82, 2.24) is 5.32 Å². The first-order valence-electron chi connectivity index (χ1n) is 8.04. The Bertz CT molecular complexity index is 580. The number of aryl methyl sites for hydroxylation is 2. The topological polar surface area (TPSA) is 46.2 Å². The monoisotopic (exact) mass is 309 g/mol. The van der Waals surface area contributed by atoms with E-state index in [2.05, 4.69) is 37.4 Å². The van der Waals surface area contributed by atoms with Crippen molar-refractivity contribution in [2.75, 3.05) is 12.8 Å². The molecule has 21 heavy (non-hydrogen) atoms. The molecule has 1 aromatic rings. The van der Waals surface area contributed by atoms with E-state index >= 15 is 0 Å². The molecule has 0 spiro atoms. The van der Waals surface area contributed by atoms with Crippen LogP contribution in [-0.2, 0) is 22.7 Å². The summed E-state index contributed by atoms with van der Waals surface area (Å²) in [7, 11) is -1.11. The Hall–Kier alpha value is -0.870. The maximum atomic E-state index is 12.5. The van der Waals surface area contributed by atoms with Crippen LogP contribution in [-0.4, -0.2) is 26.5 Å². The molecule has 1 heterocycles. The molecule has 2 unspecified atom stereocenters. The number of nitrogens with one attached hydrogen (secondary N) is 1. The third kappa shape index (κ3) is 3.49. The second kappa shape index (κ2) is 6.93. The van der Waals surface area contributed by atoms with Crippen molar-refractivity contribution in [2.24, 2.45) is 0 Å². The number of benzene rings is 1. The van der Waals surface area contributed by atoms with Crippen LogP contribution in [0.2, 0.25) is 0 Å². The van der Waals surface area contributed by atoms with Crippen LogP contribution in [0, 0.1) is 0 Å². The third-order valence-electron chi connectivity index (χ3n) is 4.65. The summed E-state index contributed by atoms with van der Waals surface area (Å²) in [5, 5.41) is 3.01. The van der Waals surface area contributed by atoms with Gasteiger partial charge in [0.05, 0.1) is 11.0 Å². The van der Waals surface area contributed by atoms with E-state index in [9.17, 15) is 8.42 Å². The van der Waals surface area contributed by atoms with Crippen LogP contribution < -0.4 is 5.32 Å². The van der Waals surface area contributed by atoms with E-state index in [0.29, 0.717) is 5.75 Å². The minimum atomic E-state index is -2.99. The van der Waals surface area contributed by atoms with Gasteiger partial charge in [0.1, 0.15) is 0 Å². The third-order valence-corrected chi connectivity index (χ3v) is 6.93. The first-order valence-corrected chi connectivity index (χ1v) is 9.75. The van der Waals surface area contributed by atoms with Gasteiger partial charge in [0, 0.05) is 6.04 Å². The van der Waals surface area contributed by atoms with E-state index in [4.69, 9.17) is 0 Å². The van der Waals surface area contributed by atoms with Crippen LogP contribution in [0.15, 0.2) is 18.2 Å². The molecule has 0 aromatic heterocycles. The predicted molar refractivity (Wildman–Crippen MR) is 88.4 cm³/mol. The minimum absolute atomic E-state index is 0.0863. The summed E-state index contributed by atoms with van der Waals surface area (Å²) in [5.41, 5.74) is 3.71. The summed E-state index contributed by atoms with van der Waals surface area (Å²) in [4.78, 5) is 0. The zero-order valence-electron chi connectivity index (χ0n) is 13.4. The highest BCUT2D eigenvalue weighted by molar-refractivity contribution is 7.92. The molecule has 1 aliphatic rings. The van der Waals surface area contributed by atoms with Crippen LogP contribution in [0.3, 0.4) is 0 Å². The zero-order chi connectivity index (χ0) is 15.5. The van der Waals surface area contributed by atoms with Crippen LogP contribution in [0.4, 0.5) is 0 Å². The standard InChI is InChI=1S/C17H27NO2S/c1-4-13-9-10-14(5-2)15(12-13)17(18-3)16-8-6-7-11-21(16,19)20/h9-10,12,16-18H,4-8,11H2,1-3H3. The Morgan fingerprint density at radius 3 is 2.57 bits per heavy atom. The molecular weight excluding hydrogens is 282 g/mol. The molecule has 1 fully saturated rings. The Balaban J connectivity index is 2.45. The quantitative estimate of drug-likeness (QED) is 0.909. The summed E-state index contributed by atoms with van der Waals surface area (Å²) in [5.74, 6) is 0.338. The summed E-state index contributed by atoms with van der Waals surface area (Å²) in [6, 6.07) is 6.43. The van der Waals surface area contributed by atoms with Gasteiger partial charge in [-0.05, 0) is 49.4 Å². The SMILES string of the molecule is CCc1ccc(CC)c(C(NC)C2CCCCS2(=O)=O)c1. The second-order valence-corrected chi connectivity index (χ2v) is 8.25. The van der Waals surface area contributed by atoms with Crippen molar-refractivity contribution in [1.29, 1.82) is 0 Å². The number of hydrogen-bond acceptors (Lipinski definition) is 3. The lowest BCUT2D eigenvalue weighted by atomic mass is 9.92. The van der Waals surface area contributed by atoms with Crippen molar-refractivity contribution in [3.8, 4) is 0 Å². The molecule has 118 valence electrons. The van der Waals surface area contributed by atoms with Gasteiger partial charge in [-0.3, -0.25) is 0 Å². The highest BCUT2D eigenvalue weighted by atomic mass is 32.2. The number of rotatable bonds is 5. The summed E-state index contributed by atoms with van der Waals surface area (Å²) >= 11 is 0. The Kier molecular flexibility index (Phi) is 5.44. The van der Waals surface area contributed by atoms with Crippen molar-refractivity contribution < 1.29 is 8.42 Å². The first kappa shape index (κ1) is 16.5. The molecule has 2 atom stereocenters. The predicted octanol–water partition coefficient (Wildman–Crippen LogP) is 3.04. The maximum Gasteiger partial charge on any atom is 0.155 e. The molecule has 4 heteroatoms. The molecule has 1 aliphatic heterocycles. The normalized spacial score (nSPS) is 22.9. The molecule has 1 aromatic carbocycles. The van der Waals surface area contributed by atoms with E-state index in [-0.39, 0.29) is 11.3 Å². The van der Waals surface area contributed by atoms with E-state index in [1.165, 1.54) is 16.7 Å². The Morgan fingerprint density at radius 1 is 1.24 bits per heavy atom. The molecule has 3 nitrogen and oxygen atoms in total. The van der Waals surface area contributed by atoms with Crippen LogP contribution >= 0.6 is 0 Å². The molecular formula is C17H27NO2S. The van der Waals surface area contributed by atoms with Crippen molar-refractivity contribution in [3.05, 3.63) is 34.9 Å². The molecule has 0 radical (unpaired) electrons. The van der Waals surface area contributed by atoms with E-state index < -0.39 is 9.84 Å². The average Bonchev–Trinajstić information content (AvgIpc) is 2.49. The second-order valence-electron chi connectivity index (χ2n) is 5.91. The Morgan fingerprint density at radius 2 is 2.00 bits per heavy atom. The van der Waals surface area contributed by atoms with E-state index in [0.717, 1.165) is 32.1 Å². The van der Waals surface area contributed by atoms with E-state index in [1.807, 2.05) is 7.05 Å². The minimum Gasteiger partial charge on any atom is -0.312 e. The molecule has 0 aliphatic carbocycles. The van der Waals surface area contributed by atoms with Crippen molar-refractivity contribution in [2.45, 2.75) is 57.2 Å². The lowest BCUT2D eigenvalue weighted by molar-refractivity contribution is 0.467. The van der Waals surface area contributed by atoms with E-state index in [1.54, 1.807) is 0 Å². The maximum absolute atomic E-state index is 12.5. The average molecular weight is 309 g/mol. The van der Waals surface area contributed by atoms with Gasteiger partial charge in [-0.1, -0.05) is 38.5 Å². The van der Waals surface area contributed by atoms with Gasteiger partial charge in [-0.25, -0.2) is 8.42 Å². The number of sulfone groups is 1. The van der Waals surface area contributed by atoms with Gasteiger partial charge in [-0.15, -0.1) is 0 Å². The van der Waals surface area contributed by atoms with Crippen molar-refractivity contribution >= 4 is 9.84 Å². The van der Waals surface area contributed by atoms with Crippen LogP contribution in [0.5, 0.6) is 0 Å². The first-order chi connectivity index (χ1) is 10.0. The largest absolute Gasteiger partial charge is 0.312 e. The molecule has 0 bridgehead atoms. The van der Waals surface area contributed by atoms with Gasteiger partial charge in [0.2, 0.25) is 0 Å². The van der Waals surface area contributed by atoms with Crippen molar-refractivity contribution in [3.63, 3.8) is 0 Å². The lowest BCUT2D eigenvalue weighted by Crippen LogP contribution is -2.39. The highest BCUT2D eigenvalue weighted by Crippen LogP contribution is 2.33. The Labute approximate surface area is 129 Å². The summed E-state index contributed by atoms with van der Waals surface area (Å²) in [6.45, 7) is 4.27. The van der Waals surface area contributed by atoms with Crippen LogP contribution in [0.1, 0.15) is 55.8 Å².